The van der Waals surface area contributed by atoms with E-state index in [-0.39, 0.29) is 18.5 Å². The standard InChI is InChI=1S/C49H93NO5/c1-3-5-7-9-11-13-15-17-19-21-25-29-33-37-41-47(52)46(45-51)50-48(53)42-38-34-30-26-22-20-24-28-32-36-40-44-55-49(54)43-39-35-31-27-23-18-16-14-12-10-8-6-4-2/h14,16,37,41,46-47,51-52H,3-13,15,17-36,38-40,42-45H2,1-2H3,(H,50,53)/b16-14-,41-37+. The van der Waals surface area contributed by atoms with Crippen LogP contribution in [-0.4, -0.2) is 47.4 Å². The van der Waals surface area contributed by atoms with Crippen LogP contribution in [0.3, 0.4) is 0 Å². The van der Waals surface area contributed by atoms with Gasteiger partial charge in [-0.2, -0.15) is 0 Å². The molecule has 1 amide bonds. The maximum absolute atomic E-state index is 12.4. The van der Waals surface area contributed by atoms with Gasteiger partial charge in [0.25, 0.3) is 0 Å². The number of hydrogen-bond acceptors (Lipinski definition) is 5. The number of hydrogen-bond donors (Lipinski definition) is 3. The molecule has 6 nitrogen and oxygen atoms in total. The second-order valence-electron chi connectivity index (χ2n) is 16.4. The fourth-order valence-electron chi connectivity index (χ4n) is 7.21. The predicted molar refractivity (Wildman–Crippen MR) is 236 cm³/mol. The third-order valence-electron chi connectivity index (χ3n) is 11.0. The van der Waals surface area contributed by atoms with Crippen LogP contribution in [0, 0.1) is 0 Å². The van der Waals surface area contributed by atoms with Gasteiger partial charge < -0.3 is 20.3 Å². The van der Waals surface area contributed by atoms with Gasteiger partial charge >= 0.3 is 5.97 Å². The van der Waals surface area contributed by atoms with Gasteiger partial charge in [-0.25, -0.2) is 0 Å². The third-order valence-corrected chi connectivity index (χ3v) is 11.0. The molecule has 0 aliphatic carbocycles. The lowest BCUT2D eigenvalue weighted by molar-refractivity contribution is -0.143. The Bertz CT molecular complexity index is 858. The lowest BCUT2D eigenvalue weighted by Gasteiger charge is -2.20. The Balaban J connectivity index is 3.52. The smallest absolute Gasteiger partial charge is 0.305 e. The summed E-state index contributed by atoms with van der Waals surface area (Å²) in [5.41, 5.74) is 0. The molecule has 0 aliphatic heterocycles. The molecule has 0 spiro atoms. The second kappa shape index (κ2) is 45.0. The van der Waals surface area contributed by atoms with Crippen LogP contribution in [0.5, 0.6) is 0 Å². The predicted octanol–water partition coefficient (Wildman–Crippen LogP) is 14.0. The molecule has 0 rings (SSSR count). The minimum Gasteiger partial charge on any atom is -0.466 e. The summed E-state index contributed by atoms with van der Waals surface area (Å²) in [6.45, 7) is 4.83. The number of aliphatic hydroxyl groups excluding tert-OH is 2. The fourth-order valence-corrected chi connectivity index (χ4v) is 7.21. The van der Waals surface area contributed by atoms with Gasteiger partial charge in [0.05, 0.1) is 25.4 Å². The van der Waals surface area contributed by atoms with Crippen molar-refractivity contribution in [2.24, 2.45) is 0 Å². The van der Waals surface area contributed by atoms with Crippen molar-refractivity contribution in [2.45, 2.75) is 264 Å². The summed E-state index contributed by atoms with van der Waals surface area (Å²) in [6.07, 6.45) is 51.6. The molecule has 2 unspecified atom stereocenters. The Morgan fingerprint density at radius 2 is 0.855 bits per heavy atom. The van der Waals surface area contributed by atoms with E-state index in [0.29, 0.717) is 19.4 Å². The minimum absolute atomic E-state index is 0.0252. The average molecular weight is 776 g/mol. The minimum atomic E-state index is -0.856. The summed E-state index contributed by atoms with van der Waals surface area (Å²) in [5, 5.41) is 23.0. The zero-order chi connectivity index (χ0) is 40.1. The Morgan fingerprint density at radius 1 is 0.491 bits per heavy atom. The average Bonchev–Trinajstić information content (AvgIpc) is 3.18. The van der Waals surface area contributed by atoms with Crippen molar-refractivity contribution in [1.29, 1.82) is 0 Å². The molecule has 6 heteroatoms. The van der Waals surface area contributed by atoms with Crippen molar-refractivity contribution in [3.8, 4) is 0 Å². The van der Waals surface area contributed by atoms with Gasteiger partial charge in [0.15, 0.2) is 0 Å². The highest BCUT2D eigenvalue weighted by Gasteiger charge is 2.18. The van der Waals surface area contributed by atoms with Crippen LogP contribution >= 0.6 is 0 Å². The summed E-state index contributed by atoms with van der Waals surface area (Å²) in [4.78, 5) is 24.4. The van der Waals surface area contributed by atoms with Gasteiger partial charge in [0.2, 0.25) is 5.91 Å². The highest BCUT2D eigenvalue weighted by Crippen LogP contribution is 2.15. The summed E-state index contributed by atoms with van der Waals surface area (Å²) in [5.74, 6) is -0.113. The van der Waals surface area contributed by atoms with Crippen molar-refractivity contribution < 1.29 is 24.5 Å². The van der Waals surface area contributed by atoms with E-state index in [1.807, 2.05) is 6.08 Å². The molecule has 0 radical (unpaired) electrons. The fraction of sp³-hybridized carbons (Fsp3) is 0.878. The molecule has 0 aromatic heterocycles. The van der Waals surface area contributed by atoms with E-state index in [2.05, 4.69) is 31.3 Å². The molecule has 55 heavy (non-hydrogen) atoms. The van der Waals surface area contributed by atoms with E-state index < -0.39 is 12.1 Å². The summed E-state index contributed by atoms with van der Waals surface area (Å²) in [7, 11) is 0. The van der Waals surface area contributed by atoms with Crippen molar-refractivity contribution in [3.63, 3.8) is 0 Å². The van der Waals surface area contributed by atoms with Crippen molar-refractivity contribution in [1.82, 2.24) is 5.32 Å². The Labute approximate surface area is 341 Å². The molecule has 0 saturated heterocycles. The maximum Gasteiger partial charge on any atom is 0.305 e. The normalized spacial score (nSPS) is 12.9. The van der Waals surface area contributed by atoms with Crippen LogP contribution in [-0.2, 0) is 14.3 Å². The van der Waals surface area contributed by atoms with Crippen molar-refractivity contribution in [2.75, 3.05) is 13.2 Å². The van der Waals surface area contributed by atoms with Gasteiger partial charge in [-0.1, -0.05) is 205 Å². The molecule has 2 atom stereocenters. The number of aliphatic hydroxyl groups is 2. The molecule has 3 N–H and O–H groups in total. The van der Waals surface area contributed by atoms with Crippen LogP contribution in [0.15, 0.2) is 24.3 Å². The first kappa shape index (κ1) is 53.3. The summed E-state index contributed by atoms with van der Waals surface area (Å²) < 4.78 is 5.44. The zero-order valence-electron chi connectivity index (χ0n) is 36.7. The number of allylic oxidation sites excluding steroid dienone is 3. The van der Waals surface area contributed by atoms with E-state index in [1.54, 1.807) is 6.08 Å². The lowest BCUT2D eigenvalue weighted by atomic mass is 10.0. The van der Waals surface area contributed by atoms with Crippen molar-refractivity contribution in [3.05, 3.63) is 24.3 Å². The molecule has 0 aromatic carbocycles. The first-order valence-corrected chi connectivity index (χ1v) is 24.1. The largest absolute Gasteiger partial charge is 0.466 e. The van der Waals surface area contributed by atoms with Gasteiger partial charge in [-0.3, -0.25) is 9.59 Å². The van der Waals surface area contributed by atoms with Gasteiger partial charge in [0, 0.05) is 12.8 Å². The number of nitrogens with one attached hydrogen (secondary N) is 1. The first-order valence-electron chi connectivity index (χ1n) is 24.1. The Kier molecular flexibility index (Phi) is 43.7. The number of unbranched alkanes of at least 4 members (excludes halogenated alkanes) is 31. The molecule has 0 heterocycles. The van der Waals surface area contributed by atoms with Gasteiger partial charge in [0.1, 0.15) is 0 Å². The summed E-state index contributed by atoms with van der Waals surface area (Å²) >= 11 is 0. The number of rotatable bonds is 44. The Hall–Kier alpha value is -1.66. The third kappa shape index (κ3) is 41.8. The van der Waals surface area contributed by atoms with E-state index in [4.69, 9.17) is 4.74 Å². The number of amides is 1. The summed E-state index contributed by atoms with van der Waals surface area (Å²) in [6, 6.07) is -0.641. The second-order valence-corrected chi connectivity index (χ2v) is 16.4. The van der Waals surface area contributed by atoms with Crippen LogP contribution < -0.4 is 5.32 Å². The highest BCUT2D eigenvalue weighted by molar-refractivity contribution is 5.76. The van der Waals surface area contributed by atoms with E-state index in [9.17, 15) is 19.8 Å². The van der Waals surface area contributed by atoms with E-state index in [0.717, 1.165) is 57.8 Å². The van der Waals surface area contributed by atoms with Crippen LogP contribution in [0.4, 0.5) is 0 Å². The first-order chi connectivity index (χ1) is 27.0. The molecule has 0 aliphatic rings. The molecule has 0 aromatic rings. The van der Waals surface area contributed by atoms with Crippen molar-refractivity contribution >= 4 is 11.9 Å². The zero-order valence-corrected chi connectivity index (χ0v) is 36.7. The number of carbonyl (C=O) groups is 2. The number of carbonyl (C=O) groups excluding carboxylic acids is 2. The molecule has 0 saturated carbocycles. The molecule has 0 fully saturated rings. The van der Waals surface area contributed by atoms with Crippen LogP contribution in [0.1, 0.15) is 251 Å². The van der Waals surface area contributed by atoms with E-state index in [1.165, 1.54) is 167 Å². The molecule has 0 bridgehead atoms. The monoisotopic (exact) mass is 776 g/mol. The SMILES string of the molecule is CCCCCC/C=C\CCCCCCCC(=O)OCCCCCCCCCCCCCC(=O)NC(CO)C(O)/C=C/CCCCCCCCCCCCCC. The van der Waals surface area contributed by atoms with Gasteiger partial charge in [-0.15, -0.1) is 0 Å². The van der Waals surface area contributed by atoms with Crippen LogP contribution in [0.2, 0.25) is 0 Å². The number of ether oxygens (including phenoxy) is 1. The lowest BCUT2D eigenvalue weighted by Crippen LogP contribution is -2.45. The molecular formula is C49H93NO5. The Morgan fingerprint density at radius 3 is 1.31 bits per heavy atom. The van der Waals surface area contributed by atoms with Gasteiger partial charge in [-0.05, 0) is 57.8 Å². The topological polar surface area (TPSA) is 95.9 Å². The number of esters is 1. The quantitative estimate of drug-likeness (QED) is 0.0325. The van der Waals surface area contributed by atoms with Crippen LogP contribution in [0.25, 0.3) is 0 Å². The van der Waals surface area contributed by atoms with E-state index >= 15 is 0 Å². The molecule has 324 valence electrons. The molecular weight excluding hydrogens is 683 g/mol. The highest BCUT2D eigenvalue weighted by atomic mass is 16.5. The maximum atomic E-state index is 12.4.